The first kappa shape index (κ1) is 15.1. The number of benzene rings is 1. The van der Waals surface area contributed by atoms with Gasteiger partial charge in [0.1, 0.15) is 5.75 Å². The van der Waals surface area contributed by atoms with Crippen molar-refractivity contribution in [1.29, 1.82) is 0 Å². The van der Waals surface area contributed by atoms with Crippen LogP contribution in [-0.2, 0) is 21.4 Å². The Hall–Kier alpha value is -2.82. The van der Waals surface area contributed by atoms with Crippen LogP contribution in [0.3, 0.4) is 0 Å². The van der Waals surface area contributed by atoms with Gasteiger partial charge in [-0.3, -0.25) is 0 Å². The highest BCUT2D eigenvalue weighted by atomic mass is 16.6. The topological polar surface area (TPSA) is 57.5 Å². The fraction of sp³-hybridized carbons (Fsp3) is 0.222. The zero-order valence-electron chi connectivity index (χ0n) is 13.5. The van der Waals surface area contributed by atoms with E-state index in [9.17, 15) is 9.59 Å². The molecule has 0 amide bonds. The molecule has 0 saturated heterocycles. The van der Waals surface area contributed by atoms with E-state index in [1.807, 2.05) is 36.7 Å². The predicted octanol–water partition coefficient (Wildman–Crippen LogP) is 2.91. The third-order valence-electron chi connectivity index (χ3n) is 4.16. The molecule has 0 atom stereocenters. The van der Waals surface area contributed by atoms with Crippen molar-refractivity contribution in [2.24, 2.45) is 7.05 Å². The Labute approximate surface area is 133 Å². The molecule has 0 radical (unpaired) electrons. The van der Waals surface area contributed by atoms with Crippen molar-refractivity contribution in [3.63, 3.8) is 0 Å². The molecular formula is C18H17NO4. The number of carbonyl (C=O) groups excluding carboxylic acids is 2. The lowest BCUT2D eigenvalue weighted by Gasteiger charge is -2.03. The molecule has 1 aliphatic heterocycles. The number of ether oxygens (including phenoxy) is 2. The quantitative estimate of drug-likeness (QED) is 0.646. The van der Waals surface area contributed by atoms with Crippen LogP contribution in [0.2, 0.25) is 0 Å². The molecule has 0 spiro atoms. The third-order valence-corrected chi connectivity index (χ3v) is 4.16. The van der Waals surface area contributed by atoms with Gasteiger partial charge in [0.25, 0.3) is 0 Å². The number of esters is 2. The van der Waals surface area contributed by atoms with E-state index in [4.69, 9.17) is 9.47 Å². The van der Waals surface area contributed by atoms with Gasteiger partial charge in [0.2, 0.25) is 0 Å². The minimum absolute atomic E-state index is 0.288. The van der Waals surface area contributed by atoms with Crippen LogP contribution in [0.25, 0.3) is 16.5 Å². The molecule has 0 saturated carbocycles. The van der Waals surface area contributed by atoms with Gasteiger partial charge in [0, 0.05) is 29.2 Å². The second-order valence-electron chi connectivity index (χ2n) is 5.37. The van der Waals surface area contributed by atoms with E-state index >= 15 is 0 Å². The van der Waals surface area contributed by atoms with Crippen molar-refractivity contribution in [1.82, 2.24) is 4.57 Å². The van der Waals surface area contributed by atoms with Crippen molar-refractivity contribution in [2.45, 2.75) is 13.8 Å². The zero-order chi connectivity index (χ0) is 16.7. The second-order valence-corrected chi connectivity index (χ2v) is 5.37. The Morgan fingerprint density at radius 2 is 1.96 bits per heavy atom. The van der Waals surface area contributed by atoms with E-state index in [1.54, 1.807) is 26.2 Å². The van der Waals surface area contributed by atoms with Crippen LogP contribution in [-0.4, -0.2) is 23.6 Å². The molecule has 3 rings (SSSR count). The first-order valence-corrected chi connectivity index (χ1v) is 7.26. The average Bonchev–Trinajstić information content (AvgIpc) is 2.94. The molecule has 2 aromatic rings. The van der Waals surface area contributed by atoms with E-state index < -0.39 is 11.9 Å². The summed E-state index contributed by atoms with van der Waals surface area (Å²) in [5.74, 6) is -0.529. The van der Waals surface area contributed by atoms with Crippen LogP contribution in [0.4, 0.5) is 0 Å². The highest BCUT2D eigenvalue weighted by Gasteiger charge is 2.35. The van der Waals surface area contributed by atoms with Gasteiger partial charge in [-0.15, -0.1) is 0 Å². The maximum Gasteiger partial charge on any atom is 0.347 e. The first-order valence-electron chi connectivity index (χ1n) is 7.26. The lowest BCUT2D eigenvalue weighted by atomic mass is 9.98. The van der Waals surface area contributed by atoms with Crippen LogP contribution < -0.4 is 4.74 Å². The Bertz CT molecular complexity index is 899. The molecule has 0 fully saturated rings. The molecule has 118 valence electrons. The van der Waals surface area contributed by atoms with Crippen molar-refractivity contribution >= 4 is 28.4 Å². The lowest BCUT2D eigenvalue weighted by molar-refractivity contribution is -0.150. The molecule has 2 heterocycles. The molecule has 5 nitrogen and oxygen atoms in total. The molecule has 23 heavy (non-hydrogen) atoms. The van der Waals surface area contributed by atoms with Crippen LogP contribution >= 0.6 is 0 Å². The van der Waals surface area contributed by atoms with E-state index in [1.165, 1.54) is 0 Å². The summed E-state index contributed by atoms with van der Waals surface area (Å²) < 4.78 is 12.1. The van der Waals surface area contributed by atoms with Crippen LogP contribution in [0, 0.1) is 6.92 Å². The van der Waals surface area contributed by atoms with Gasteiger partial charge in [-0.2, -0.15) is 0 Å². The highest BCUT2D eigenvalue weighted by molar-refractivity contribution is 6.34. The van der Waals surface area contributed by atoms with Gasteiger partial charge in [0.05, 0.1) is 18.3 Å². The number of carbonyl (C=O) groups is 2. The van der Waals surface area contributed by atoms with Gasteiger partial charge in [-0.05, 0) is 32.0 Å². The molecule has 0 bridgehead atoms. The number of methoxy groups -OCH3 is 1. The monoisotopic (exact) mass is 311 g/mol. The van der Waals surface area contributed by atoms with E-state index in [-0.39, 0.29) is 5.57 Å². The van der Waals surface area contributed by atoms with Crippen molar-refractivity contribution in [2.75, 3.05) is 7.11 Å². The number of hydrogen-bond acceptors (Lipinski definition) is 4. The largest absolute Gasteiger partial charge is 0.497 e. The van der Waals surface area contributed by atoms with Gasteiger partial charge < -0.3 is 14.0 Å². The van der Waals surface area contributed by atoms with Crippen molar-refractivity contribution in [3.8, 4) is 5.75 Å². The summed E-state index contributed by atoms with van der Waals surface area (Å²) in [6, 6.07) is 5.67. The van der Waals surface area contributed by atoms with E-state index in [0.29, 0.717) is 16.9 Å². The van der Waals surface area contributed by atoms with Crippen molar-refractivity contribution < 1.29 is 19.1 Å². The van der Waals surface area contributed by atoms with Gasteiger partial charge >= 0.3 is 11.9 Å². The Morgan fingerprint density at radius 3 is 2.61 bits per heavy atom. The molecule has 0 aliphatic carbocycles. The minimum atomic E-state index is -0.610. The number of hydrogen-bond donors (Lipinski definition) is 0. The fourth-order valence-corrected chi connectivity index (χ4v) is 2.95. The van der Waals surface area contributed by atoms with E-state index in [0.717, 1.165) is 16.6 Å². The molecule has 1 aromatic carbocycles. The lowest BCUT2D eigenvalue weighted by Crippen LogP contribution is -2.02. The van der Waals surface area contributed by atoms with Gasteiger partial charge in [-0.25, -0.2) is 9.59 Å². The maximum absolute atomic E-state index is 12.3. The first-order chi connectivity index (χ1) is 11.0. The summed E-state index contributed by atoms with van der Waals surface area (Å²) >= 11 is 0. The van der Waals surface area contributed by atoms with Crippen LogP contribution in [0.1, 0.15) is 18.2 Å². The number of aromatic nitrogens is 1. The fourth-order valence-electron chi connectivity index (χ4n) is 2.95. The summed E-state index contributed by atoms with van der Waals surface area (Å²) in [7, 11) is 3.51. The maximum atomic E-state index is 12.3. The minimum Gasteiger partial charge on any atom is -0.497 e. The Balaban J connectivity index is 2.41. The normalized spacial score (nSPS) is 15.1. The summed E-state index contributed by atoms with van der Waals surface area (Å²) in [5, 5.41) is 0.855. The summed E-state index contributed by atoms with van der Waals surface area (Å²) in [6.07, 6.45) is 3.33. The zero-order valence-corrected chi connectivity index (χ0v) is 13.5. The summed E-state index contributed by atoms with van der Waals surface area (Å²) in [4.78, 5) is 24.2. The number of rotatable bonds is 3. The highest BCUT2D eigenvalue weighted by Crippen LogP contribution is 2.37. The number of nitrogens with zero attached hydrogens (tertiary/aromatic N) is 1. The number of cyclic esters (lactones) is 2. The van der Waals surface area contributed by atoms with Crippen molar-refractivity contribution in [3.05, 3.63) is 47.2 Å². The predicted molar refractivity (Wildman–Crippen MR) is 87.0 cm³/mol. The smallest absolute Gasteiger partial charge is 0.347 e. The molecule has 1 aliphatic rings. The number of allylic oxidation sites excluding steroid dienone is 1. The van der Waals surface area contributed by atoms with Gasteiger partial charge in [-0.1, -0.05) is 12.2 Å². The molecular weight excluding hydrogens is 294 g/mol. The summed E-state index contributed by atoms with van der Waals surface area (Å²) in [6.45, 7) is 3.71. The number of aryl methyl sites for hydroxylation is 1. The van der Waals surface area contributed by atoms with Gasteiger partial charge in [0.15, 0.2) is 0 Å². The molecule has 1 aromatic heterocycles. The molecule has 0 N–H and O–H groups in total. The van der Waals surface area contributed by atoms with E-state index in [2.05, 4.69) is 0 Å². The standard InChI is InChI=1S/C18H17NO4/c1-5-6-12-16(18(21)23-17(12)20)15-10(2)19(3)14-8-7-11(22-4)9-13(14)15/h5-9H,1-4H3/b6-5+. The molecule has 5 heteroatoms. The third kappa shape index (κ3) is 2.16. The SMILES string of the molecule is C/C=C/C1=C(c2c(C)n(C)c3ccc(OC)cc23)C(=O)OC1=O. The van der Waals surface area contributed by atoms with Crippen LogP contribution in [0.15, 0.2) is 35.9 Å². The average molecular weight is 311 g/mol. The second kappa shape index (κ2) is 5.43. The number of fused-ring (bicyclic) bond motifs is 1. The Kier molecular flexibility index (Phi) is 3.56. The van der Waals surface area contributed by atoms with Crippen LogP contribution in [0.5, 0.6) is 5.75 Å². The Morgan fingerprint density at radius 1 is 1.22 bits per heavy atom. The summed E-state index contributed by atoms with van der Waals surface area (Å²) in [5.41, 5.74) is 3.15. The molecule has 0 unspecified atom stereocenters.